The molecule has 4 N–H and O–H groups in total. The van der Waals surface area contributed by atoms with Crippen LogP contribution in [0.1, 0.15) is 102 Å². The monoisotopic (exact) mass is 1140 g/mol. The third-order valence-corrected chi connectivity index (χ3v) is 18.9. The number of amides is 3. The molecule has 8 aromatic rings. The van der Waals surface area contributed by atoms with Gasteiger partial charge in [0.2, 0.25) is 5.91 Å². The molecule has 3 aliphatic rings. The lowest BCUT2D eigenvalue weighted by atomic mass is 9.86. The van der Waals surface area contributed by atoms with Crippen LogP contribution in [0.2, 0.25) is 0 Å². The van der Waals surface area contributed by atoms with Crippen LogP contribution in [-0.4, -0.2) is 86.0 Å². The van der Waals surface area contributed by atoms with Crippen LogP contribution in [0.5, 0.6) is 0 Å². The van der Waals surface area contributed by atoms with E-state index in [2.05, 4.69) is 54.0 Å². The van der Waals surface area contributed by atoms with E-state index in [1.165, 1.54) is 37.7 Å². The Labute approximate surface area is 482 Å². The number of benzene rings is 3. The lowest BCUT2D eigenvalue weighted by Gasteiger charge is -2.42. The molecule has 0 radical (unpaired) electrons. The van der Waals surface area contributed by atoms with Crippen molar-refractivity contribution in [3.63, 3.8) is 0 Å². The molecule has 1 fully saturated rings. The largest absolute Gasteiger partial charge is 0.373 e. The van der Waals surface area contributed by atoms with Gasteiger partial charge in [-0.25, -0.2) is 9.97 Å². The highest BCUT2D eigenvalue weighted by Crippen LogP contribution is 2.41. The zero-order chi connectivity index (χ0) is 56.9. The number of thiazole rings is 2. The van der Waals surface area contributed by atoms with Crippen molar-refractivity contribution in [2.45, 2.75) is 90.7 Å². The first-order valence-corrected chi connectivity index (χ1v) is 29.9. The molecule has 7 heterocycles. The summed E-state index contributed by atoms with van der Waals surface area (Å²) in [6, 6.07) is 24.7. The summed E-state index contributed by atoms with van der Waals surface area (Å²) in [5.74, 6) is 0.0741. The normalized spacial score (nSPS) is 16.4. The molecule has 16 nitrogen and oxygen atoms in total. The van der Waals surface area contributed by atoms with Crippen molar-refractivity contribution in [2.75, 3.05) is 54.6 Å². The number of aromatic nitrogens is 4. The summed E-state index contributed by atoms with van der Waals surface area (Å²) >= 11 is 4.43. The molecule has 81 heavy (non-hydrogen) atoms. The fraction of sp³-hybridized carbons (Fsp3) is 0.339. The van der Waals surface area contributed by atoms with Gasteiger partial charge in [-0.2, -0.15) is 0 Å². The Kier molecular flexibility index (Phi) is 15.6. The van der Waals surface area contributed by atoms with Crippen LogP contribution in [0.3, 0.4) is 0 Å². The lowest BCUT2D eigenvalue weighted by molar-refractivity contribution is -0.141. The molecular formula is C62H66N10O6S3. The second-order valence-corrected chi connectivity index (χ2v) is 25.5. The predicted molar refractivity (Wildman–Crippen MR) is 326 cm³/mol. The number of morpholine rings is 1. The van der Waals surface area contributed by atoms with Gasteiger partial charge in [-0.15, -0.1) is 22.7 Å². The Bertz CT molecular complexity index is 3840. The number of hydrogen-bond donors (Lipinski definition) is 4. The number of pyridine rings is 2. The van der Waals surface area contributed by atoms with Gasteiger partial charge in [-0.3, -0.25) is 28.9 Å². The smallest absolute Gasteiger partial charge is 0.274 e. The number of rotatable bonds is 13. The fourth-order valence-corrected chi connectivity index (χ4v) is 14.2. The topological polar surface area (TPSA) is 185 Å². The third-order valence-electron chi connectivity index (χ3n) is 15.7. The molecule has 1 aliphatic carbocycles. The Hall–Kier alpha value is -7.55. The number of carbonyl (C=O) groups excluding carboxylic acids is 3. The van der Waals surface area contributed by atoms with Crippen LogP contribution in [-0.2, 0) is 54.7 Å². The number of anilines is 6. The number of ether oxygens (including phenoxy) is 1. The van der Waals surface area contributed by atoms with Crippen LogP contribution in [0.4, 0.5) is 33.7 Å². The molecule has 19 heteroatoms. The molecule has 0 bridgehead atoms. The minimum absolute atomic E-state index is 0.0255. The van der Waals surface area contributed by atoms with E-state index in [0.717, 1.165) is 86.6 Å². The van der Waals surface area contributed by atoms with Crippen molar-refractivity contribution in [2.24, 2.45) is 14.1 Å². The quantitative estimate of drug-likeness (QED) is 0.0861. The maximum atomic E-state index is 14.1. The summed E-state index contributed by atoms with van der Waals surface area (Å²) in [5.41, 5.74) is 10.6. The summed E-state index contributed by atoms with van der Waals surface area (Å²) in [5, 5.41) is 15.8. The zero-order valence-corrected chi connectivity index (χ0v) is 49.3. The predicted octanol–water partition coefficient (Wildman–Crippen LogP) is 11.2. The lowest BCUT2D eigenvalue weighted by Crippen LogP contribution is -2.51. The minimum atomic E-state index is -0.335. The van der Waals surface area contributed by atoms with Crippen LogP contribution in [0.15, 0.2) is 106 Å². The number of thiophene rings is 1. The molecule has 3 aromatic carbocycles. The summed E-state index contributed by atoms with van der Waals surface area (Å²) in [4.78, 5) is 85.1. The number of nitrogens with zero attached hydrogens (tertiary/aromatic N) is 6. The highest BCUT2D eigenvalue weighted by molar-refractivity contribution is 7.16. The third kappa shape index (κ3) is 11.7. The summed E-state index contributed by atoms with van der Waals surface area (Å²) < 4.78 is 9.54. The fourth-order valence-electron chi connectivity index (χ4n) is 11.1. The van der Waals surface area contributed by atoms with Crippen LogP contribution in [0.25, 0.3) is 22.3 Å². The summed E-state index contributed by atoms with van der Waals surface area (Å²) in [6.45, 7) is 12.3. The molecule has 3 amide bonds. The van der Waals surface area contributed by atoms with Crippen LogP contribution in [0, 0.1) is 13.8 Å². The van der Waals surface area contributed by atoms with E-state index in [9.17, 15) is 24.0 Å². The van der Waals surface area contributed by atoms with E-state index in [1.807, 2.05) is 96.9 Å². The van der Waals surface area contributed by atoms with Gasteiger partial charge in [0.15, 0.2) is 5.13 Å². The molecule has 2 aliphatic heterocycles. The van der Waals surface area contributed by atoms with Gasteiger partial charge in [0.1, 0.15) is 22.2 Å². The zero-order valence-electron chi connectivity index (χ0n) is 46.8. The van der Waals surface area contributed by atoms with Crippen molar-refractivity contribution < 1.29 is 19.1 Å². The van der Waals surface area contributed by atoms with E-state index >= 15 is 0 Å². The second-order valence-electron chi connectivity index (χ2n) is 22.4. The molecule has 0 spiro atoms. The molecule has 1 saturated heterocycles. The Morgan fingerprint density at radius 3 is 2.02 bits per heavy atom. The number of fused-ring (bicyclic) bond motifs is 2. The first-order valence-electron chi connectivity index (χ1n) is 27.4. The molecule has 0 saturated carbocycles. The van der Waals surface area contributed by atoms with E-state index in [0.29, 0.717) is 70.4 Å². The highest BCUT2D eigenvalue weighted by Gasteiger charge is 2.39. The molecule has 5 aromatic heterocycles. The van der Waals surface area contributed by atoms with Gasteiger partial charge in [0.25, 0.3) is 22.9 Å². The molecular weight excluding hydrogens is 1080 g/mol. The first kappa shape index (κ1) is 55.4. The molecule has 11 rings (SSSR count). The maximum absolute atomic E-state index is 14.1. The van der Waals surface area contributed by atoms with Crippen molar-refractivity contribution >= 4 is 85.4 Å². The second kappa shape index (κ2) is 22.8. The van der Waals surface area contributed by atoms with Gasteiger partial charge in [-0.05, 0) is 128 Å². The Morgan fingerprint density at radius 2 is 1.37 bits per heavy atom. The number of nitrogens with one attached hydrogen (secondary N) is 4. The number of aryl methyl sites for hydroxylation is 4. The standard InChI is InChI=1S/C62H66N10O6S3/c1-35-42(14-11-16-44(35)64-57(74)37-19-21-41(22-20-37)62(3,4)5)40-28-48(60(77)71(8)32-40)67-61-66-46-23-24-69(6)55(56(46)81-61)49-33-72(25-26-78-49)54(73)30-53-68-52(34-79-53)63-47-27-39(31-70(7)59(47)76)43-15-12-17-45(36(43)2)65-58(75)51-29-38-13-9-10-18-50(38)80-51/h11-12,14-17,19-22,27-29,31-32,34,49,55,63H,9-10,13,18,23-26,30,33H2,1-8H3,(H,64,74)(H,65,75)(H,66,67). The molecule has 2 atom stereocenters. The van der Waals surface area contributed by atoms with Crippen molar-refractivity contribution in [1.82, 2.24) is 28.9 Å². The van der Waals surface area contributed by atoms with Crippen molar-refractivity contribution in [3.8, 4) is 22.3 Å². The van der Waals surface area contributed by atoms with Crippen molar-refractivity contribution in [3.05, 3.63) is 170 Å². The summed E-state index contributed by atoms with van der Waals surface area (Å²) in [7, 11) is 5.50. The maximum Gasteiger partial charge on any atom is 0.274 e. The number of carbonyl (C=O) groups is 3. The van der Waals surface area contributed by atoms with Gasteiger partial charge in [0, 0.05) is 95.7 Å². The number of likely N-dealkylation sites (N-methyl/N-ethyl adjacent to an activating group) is 1. The van der Waals surface area contributed by atoms with E-state index < -0.39 is 0 Å². The van der Waals surface area contributed by atoms with Gasteiger partial charge < -0.3 is 40.0 Å². The molecule has 2 unspecified atom stereocenters. The summed E-state index contributed by atoms with van der Waals surface area (Å²) in [6.07, 6.45) is 8.42. The average Bonchev–Trinajstić information content (AvgIpc) is 4.22. The van der Waals surface area contributed by atoms with Crippen LogP contribution < -0.4 is 32.4 Å². The highest BCUT2D eigenvalue weighted by atomic mass is 32.1. The van der Waals surface area contributed by atoms with Crippen LogP contribution >= 0.6 is 34.0 Å². The average molecular weight is 1140 g/mol. The Balaban J connectivity index is 0.742. The van der Waals surface area contributed by atoms with Gasteiger partial charge in [-0.1, -0.05) is 68.5 Å². The van der Waals surface area contributed by atoms with Gasteiger partial charge >= 0.3 is 0 Å². The van der Waals surface area contributed by atoms with E-state index in [4.69, 9.17) is 14.7 Å². The molecule has 418 valence electrons. The van der Waals surface area contributed by atoms with Gasteiger partial charge in [0.05, 0.1) is 35.7 Å². The SMILES string of the molecule is Cc1c(NC(=O)c2ccc(C(C)(C)C)cc2)cccc1-c1cc(Nc2nc3c(s2)C(C2CN(C(=O)Cc4nc(Nc5cc(-c6cccc(NC(=O)c7cc8c(s7)CCCC8)c6C)cn(C)c5=O)cs4)CCO2)N(C)CC3)c(=O)n(C)c1. The minimum Gasteiger partial charge on any atom is -0.373 e. The Morgan fingerprint density at radius 1 is 0.728 bits per heavy atom. The van der Waals surface area contributed by atoms with E-state index in [1.54, 1.807) is 48.5 Å². The van der Waals surface area contributed by atoms with Crippen molar-refractivity contribution in [1.29, 1.82) is 0 Å². The number of hydrogen-bond acceptors (Lipinski definition) is 14. The first-order chi connectivity index (χ1) is 38.8. The van der Waals surface area contributed by atoms with E-state index in [-0.39, 0.29) is 52.8 Å².